The molecule has 2 aliphatic rings. The van der Waals surface area contributed by atoms with Gasteiger partial charge in [-0.05, 0) is 53.8 Å². The number of nitrogens with zero attached hydrogens (tertiary/aromatic N) is 4. The van der Waals surface area contributed by atoms with Gasteiger partial charge in [0, 0.05) is 36.6 Å². The van der Waals surface area contributed by atoms with E-state index in [-0.39, 0.29) is 30.0 Å². The quantitative estimate of drug-likeness (QED) is 0.659. The maximum atomic E-state index is 12.9. The largest absolute Gasteiger partial charge is 0.332 e. The first-order valence-corrected chi connectivity index (χ1v) is 11.7. The molecule has 164 valence electrons. The van der Waals surface area contributed by atoms with Crippen molar-refractivity contribution in [2.75, 3.05) is 13.1 Å². The van der Waals surface area contributed by atoms with Crippen LogP contribution >= 0.6 is 11.3 Å². The van der Waals surface area contributed by atoms with Gasteiger partial charge in [0.25, 0.3) is 11.5 Å². The number of amides is 2. The van der Waals surface area contributed by atoms with Gasteiger partial charge >= 0.3 is 0 Å². The topological polar surface area (TPSA) is 99.3 Å². The van der Waals surface area contributed by atoms with Crippen molar-refractivity contribution in [3.05, 3.63) is 79.9 Å². The number of nitrogens with one attached hydrogen (secondary N) is 1. The number of thiophene rings is 1. The molecule has 2 amide bonds. The van der Waals surface area contributed by atoms with E-state index in [2.05, 4.69) is 9.97 Å². The molecule has 8 nitrogen and oxygen atoms in total. The van der Waals surface area contributed by atoms with Crippen molar-refractivity contribution in [3.8, 4) is 0 Å². The van der Waals surface area contributed by atoms with Gasteiger partial charge in [0.15, 0.2) is 0 Å². The van der Waals surface area contributed by atoms with Gasteiger partial charge in [0.2, 0.25) is 5.91 Å². The van der Waals surface area contributed by atoms with E-state index in [1.165, 1.54) is 0 Å². The molecule has 3 aromatic rings. The molecular weight excluding hydrogens is 426 g/mol. The van der Waals surface area contributed by atoms with Crippen molar-refractivity contribution >= 4 is 23.2 Å². The first-order chi connectivity index (χ1) is 15.6. The summed E-state index contributed by atoms with van der Waals surface area (Å²) in [5, 5.41) is 3.95. The number of fused-ring (bicyclic) bond motifs is 1. The summed E-state index contributed by atoms with van der Waals surface area (Å²) in [6.45, 7) is 1.40. The van der Waals surface area contributed by atoms with E-state index in [4.69, 9.17) is 4.98 Å². The van der Waals surface area contributed by atoms with Crippen LogP contribution in [0.15, 0.2) is 46.1 Å². The predicted octanol–water partition coefficient (Wildman–Crippen LogP) is 2.33. The fraction of sp³-hybridized carbons (Fsp3) is 0.348. The summed E-state index contributed by atoms with van der Waals surface area (Å²) < 4.78 is 0. The molecule has 0 aromatic carbocycles. The summed E-state index contributed by atoms with van der Waals surface area (Å²) >= 11 is 1.57. The molecule has 2 aliphatic heterocycles. The van der Waals surface area contributed by atoms with E-state index in [0.717, 1.165) is 18.4 Å². The summed E-state index contributed by atoms with van der Waals surface area (Å²) in [6, 6.07) is 5.08. The van der Waals surface area contributed by atoms with Crippen molar-refractivity contribution < 1.29 is 9.59 Å². The van der Waals surface area contributed by atoms with Gasteiger partial charge in [0.1, 0.15) is 5.82 Å². The molecule has 0 radical (unpaired) electrons. The molecule has 32 heavy (non-hydrogen) atoms. The molecule has 1 unspecified atom stereocenters. The minimum Gasteiger partial charge on any atom is -0.332 e. The van der Waals surface area contributed by atoms with Gasteiger partial charge in [-0.1, -0.05) is 0 Å². The van der Waals surface area contributed by atoms with Crippen LogP contribution in [0.3, 0.4) is 0 Å². The molecule has 0 spiro atoms. The SMILES string of the molecule is O=C(c1ccncc1)N1CCc2c(nc(C3CCCN3C(=O)Cc3ccsc3)[nH]c2=O)C1. The number of carbonyl (C=O) groups is 2. The number of likely N-dealkylation sites (tertiary alicyclic amines) is 1. The van der Waals surface area contributed by atoms with Crippen molar-refractivity contribution in [1.82, 2.24) is 24.8 Å². The van der Waals surface area contributed by atoms with E-state index in [1.54, 1.807) is 40.8 Å². The zero-order valence-electron chi connectivity index (χ0n) is 17.5. The summed E-state index contributed by atoms with van der Waals surface area (Å²) in [4.78, 5) is 53.8. The van der Waals surface area contributed by atoms with E-state index in [9.17, 15) is 14.4 Å². The van der Waals surface area contributed by atoms with Crippen molar-refractivity contribution in [1.29, 1.82) is 0 Å². The maximum Gasteiger partial charge on any atom is 0.254 e. The van der Waals surface area contributed by atoms with Gasteiger partial charge in [-0.3, -0.25) is 19.4 Å². The Bertz CT molecular complexity index is 1190. The summed E-state index contributed by atoms with van der Waals surface area (Å²) in [7, 11) is 0. The Morgan fingerprint density at radius 3 is 2.81 bits per heavy atom. The molecule has 3 aromatic heterocycles. The van der Waals surface area contributed by atoms with Crippen LogP contribution in [-0.4, -0.2) is 49.7 Å². The Morgan fingerprint density at radius 1 is 1.19 bits per heavy atom. The minimum absolute atomic E-state index is 0.0424. The molecular formula is C23H23N5O3S. The standard InChI is InChI=1S/C23H23N5O3S/c29-20(12-15-6-11-32-14-15)28-9-1-2-19(28)21-25-18-13-27(10-5-17(18)22(30)26-21)23(31)16-3-7-24-8-4-16/h3-4,6-8,11,14,19H,1-2,5,9-10,12-13H2,(H,25,26,30). The van der Waals surface area contributed by atoms with Crippen LogP contribution in [0.5, 0.6) is 0 Å². The molecule has 9 heteroatoms. The first-order valence-electron chi connectivity index (χ1n) is 10.7. The molecule has 0 bridgehead atoms. The number of rotatable bonds is 4. The highest BCUT2D eigenvalue weighted by atomic mass is 32.1. The van der Waals surface area contributed by atoms with Crippen LogP contribution in [0.2, 0.25) is 0 Å². The lowest BCUT2D eigenvalue weighted by atomic mass is 10.0. The molecule has 5 rings (SSSR count). The number of H-pyrrole nitrogens is 1. The minimum atomic E-state index is -0.245. The number of carbonyl (C=O) groups excluding carboxylic acids is 2. The Morgan fingerprint density at radius 2 is 2.03 bits per heavy atom. The highest BCUT2D eigenvalue weighted by Gasteiger charge is 2.33. The van der Waals surface area contributed by atoms with Crippen LogP contribution < -0.4 is 5.56 Å². The summed E-state index contributed by atoms with van der Waals surface area (Å²) in [5.74, 6) is 0.457. The van der Waals surface area contributed by atoms with Crippen molar-refractivity contribution in [2.24, 2.45) is 0 Å². The molecule has 5 heterocycles. The fourth-order valence-corrected chi connectivity index (χ4v) is 5.15. The highest BCUT2D eigenvalue weighted by Crippen LogP contribution is 2.31. The van der Waals surface area contributed by atoms with Gasteiger partial charge in [-0.25, -0.2) is 4.98 Å². The fourth-order valence-electron chi connectivity index (χ4n) is 4.49. The summed E-state index contributed by atoms with van der Waals surface area (Å²) in [5.41, 5.74) is 2.65. The lowest BCUT2D eigenvalue weighted by molar-refractivity contribution is -0.131. The Hall–Kier alpha value is -3.33. The van der Waals surface area contributed by atoms with E-state index in [0.29, 0.717) is 48.6 Å². The lowest BCUT2D eigenvalue weighted by Crippen LogP contribution is -2.40. The van der Waals surface area contributed by atoms with Gasteiger partial charge < -0.3 is 14.8 Å². The van der Waals surface area contributed by atoms with Crippen LogP contribution in [0, 0.1) is 0 Å². The molecule has 0 saturated carbocycles. The number of hydrogen-bond acceptors (Lipinski definition) is 6. The van der Waals surface area contributed by atoms with Gasteiger partial charge in [-0.2, -0.15) is 11.3 Å². The zero-order chi connectivity index (χ0) is 22.1. The maximum absolute atomic E-state index is 12.9. The molecule has 1 N–H and O–H groups in total. The number of aromatic nitrogens is 3. The Kier molecular flexibility index (Phi) is 5.57. The zero-order valence-corrected chi connectivity index (χ0v) is 18.3. The molecule has 1 saturated heterocycles. The number of pyridine rings is 1. The number of aromatic amines is 1. The second kappa shape index (κ2) is 8.66. The van der Waals surface area contributed by atoms with Crippen molar-refractivity contribution in [3.63, 3.8) is 0 Å². The average Bonchev–Trinajstić information content (AvgIpc) is 3.51. The van der Waals surface area contributed by atoms with Crippen LogP contribution in [-0.2, 0) is 24.2 Å². The molecule has 1 fully saturated rings. The van der Waals surface area contributed by atoms with Gasteiger partial charge in [-0.15, -0.1) is 0 Å². The molecule has 1 atom stereocenters. The third-order valence-corrected chi connectivity index (χ3v) is 6.86. The first kappa shape index (κ1) is 20.6. The van der Waals surface area contributed by atoms with Crippen LogP contribution in [0.4, 0.5) is 0 Å². The third-order valence-electron chi connectivity index (χ3n) is 6.13. The van der Waals surface area contributed by atoms with Gasteiger partial charge in [0.05, 0.1) is 24.7 Å². The van der Waals surface area contributed by atoms with E-state index in [1.807, 2.05) is 21.7 Å². The van der Waals surface area contributed by atoms with Crippen LogP contribution in [0.1, 0.15) is 51.9 Å². The predicted molar refractivity (Wildman–Crippen MR) is 119 cm³/mol. The van der Waals surface area contributed by atoms with Crippen LogP contribution in [0.25, 0.3) is 0 Å². The molecule has 0 aliphatic carbocycles. The van der Waals surface area contributed by atoms with E-state index < -0.39 is 0 Å². The Balaban J connectivity index is 1.38. The third kappa shape index (κ3) is 3.95. The summed E-state index contributed by atoms with van der Waals surface area (Å²) in [6.07, 6.45) is 5.62. The Labute approximate surface area is 188 Å². The second-order valence-electron chi connectivity index (χ2n) is 8.14. The smallest absolute Gasteiger partial charge is 0.254 e. The van der Waals surface area contributed by atoms with E-state index >= 15 is 0 Å². The number of hydrogen-bond donors (Lipinski definition) is 1. The average molecular weight is 450 g/mol. The normalized spacial score (nSPS) is 17.9. The monoisotopic (exact) mass is 449 g/mol. The highest BCUT2D eigenvalue weighted by molar-refractivity contribution is 7.08. The van der Waals surface area contributed by atoms with Crippen molar-refractivity contribution in [2.45, 2.75) is 38.3 Å². The second-order valence-corrected chi connectivity index (χ2v) is 8.92. The lowest BCUT2D eigenvalue weighted by Gasteiger charge is -2.29.